The molecule has 3 nitrogen and oxygen atoms in total. The second-order valence-electron chi connectivity index (χ2n) is 4.96. The Kier molecular flexibility index (Phi) is 5.04. The van der Waals surface area contributed by atoms with E-state index >= 15 is 0 Å². The third-order valence-corrected chi connectivity index (χ3v) is 3.95. The summed E-state index contributed by atoms with van der Waals surface area (Å²) in [5.41, 5.74) is 0.925. The van der Waals surface area contributed by atoms with Gasteiger partial charge in [-0.3, -0.25) is 4.79 Å². The molecule has 3 rings (SSSR count). The molecule has 0 bridgehead atoms. The van der Waals surface area contributed by atoms with Crippen LogP contribution in [0.5, 0.6) is 11.5 Å². The highest BCUT2D eigenvalue weighted by Crippen LogP contribution is 2.33. The molecule has 0 aliphatic heterocycles. The molecule has 0 atom stereocenters. The van der Waals surface area contributed by atoms with Crippen LogP contribution in [0.15, 0.2) is 72.8 Å². The maximum atomic E-state index is 12.4. The van der Waals surface area contributed by atoms with Crippen molar-refractivity contribution in [3.63, 3.8) is 0 Å². The molecule has 5 heteroatoms. The van der Waals surface area contributed by atoms with Gasteiger partial charge in [-0.15, -0.1) is 0 Å². The number of benzene rings is 3. The first kappa shape index (κ1) is 16.4. The molecule has 3 aromatic rings. The van der Waals surface area contributed by atoms with Crippen molar-refractivity contribution in [2.75, 3.05) is 5.32 Å². The number of amides is 1. The molecule has 120 valence electrons. The van der Waals surface area contributed by atoms with E-state index in [1.54, 1.807) is 48.5 Å². The van der Waals surface area contributed by atoms with Crippen molar-refractivity contribution in [1.82, 2.24) is 0 Å². The van der Waals surface area contributed by atoms with Gasteiger partial charge in [-0.05, 0) is 36.4 Å². The molecule has 0 fully saturated rings. The number of para-hydroxylation sites is 3. The SMILES string of the molecule is O=C(Nc1ccccc1Oc1ccccc1Cl)c1ccccc1Cl. The fourth-order valence-corrected chi connectivity index (χ4v) is 2.54. The van der Waals surface area contributed by atoms with Crippen molar-refractivity contribution in [1.29, 1.82) is 0 Å². The zero-order chi connectivity index (χ0) is 16.9. The summed E-state index contributed by atoms with van der Waals surface area (Å²) >= 11 is 12.2. The van der Waals surface area contributed by atoms with Gasteiger partial charge in [0.2, 0.25) is 0 Å². The van der Waals surface area contributed by atoms with Gasteiger partial charge >= 0.3 is 0 Å². The molecular formula is C19H13Cl2NO2. The smallest absolute Gasteiger partial charge is 0.257 e. The van der Waals surface area contributed by atoms with Crippen LogP contribution in [-0.4, -0.2) is 5.91 Å². The summed E-state index contributed by atoms with van der Waals surface area (Å²) in [7, 11) is 0. The number of nitrogens with one attached hydrogen (secondary N) is 1. The average molecular weight is 358 g/mol. The molecule has 0 saturated carbocycles. The lowest BCUT2D eigenvalue weighted by Crippen LogP contribution is -2.13. The van der Waals surface area contributed by atoms with E-state index in [0.717, 1.165) is 0 Å². The summed E-state index contributed by atoms with van der Waals surface area (Å²) in [6.07, 6.45) is 0. The predicted octanol–water partition coefficient (Wildman–Crippen LogP) is 6.04. The third-order valence-electron chi connectivity index (χ3n) is 3.31. The molecule has 0 radical (unpaired) electrons. The first-order chi connectivity index (χ1) is 11.6. The lowest BCUT2D eigenvalue weighted by atomic mass is 10.2. The van der Waals surface area contributed by atoms with Crippen LogP contribution < -0.4 is 10.1 Å². The molecular weight excluding hydrogens is 345 g/mol. The first-order valence-corrected chi connectivity index (χ1v) is 7.98. The topological polar surface area (TPSA) is 38.3 Å². The van der Waals surface area contributed by atoms with E-state index in [-0.39, 0.29) is 5.91 Å². The number of rotatable bonds is 4. The van der Waals surface area contributed by atoms with Crippen molar-refractivity contribution in [2.24, 2.45) is 0 Å². The summed E-state index contributed by atoms with van der Waals surface area (Å²) < 4.78 is 5.83. The molecule has 0 saturated heterocycles. The van der Waals surface area contributed by atoms with Gasteiger partial charge < -0.3 is 10.1 Å². The number of carbonyl (C=O) groups excluding carboxylic acids is 1. The van der Waals surface area contributed by atoms with Crippen LogP contribution in [0, 0.1) is 0 Å². The van der Waals surface area contributed by atoms with Crippen LogP contribution in [0.4, 0.5) is 5.69 Å². The third kappa shape index (κ3) is 3.70. The summed E-state index contributed by atoms with van der Waals surface area (Å²) in [6.45, 7) is 0. The zero-order valence-electron chi connectivity index (χ0n) is 12.5. The van der Waals surface area contributed by atoms with Crippen LogP contribution >= 0.6 is 23.2 Å². The van der Waals surface area contributed by atoms with E-state index in [2.05, 4.69) is 5.32 Å². The van der Waals surface area contributed by atoms with Crippen LogP contribution in [0.1, 0.15) is 10.4 Å². The number of halogens is 2. The van der Waals surface area contributed by atoms with Gasteiger partial charge in [-0.1, -0.05) is 59.6 Å². The number of hydrogen-bond donors (Lipinski definition) is 1. The highest BCUT2D eigenvalue weighted by atomic mass is 35.5. The van der Waals surface area contributed by atoms with E-state index < -0.39 is 0 Å². The molecule has 0 aliphatic carbocycles. The average Bonchev–Trinajstić information content (AvgIpc) is 2.59. The normalized spacial score (nSPS) is 10.2. The second kappa shape index (κ2) is 7.39. The van der Waals surface area contributed by atoms with E-state index in [1.165, 1.54) is 0 Å². The highest BCUT2D eigenvalue weighted by molar-refractivity contribution is 6.34. The number of anilines is 1. The summed E-state index contributed by atoms with van der Waals surface area (Å²) in [5, 5.41) is 3.69. The van der Waals surface area contributed by atoms with Crippen LogP contribution in [0.2, 0.25) is 10.0 Å². The maximum absolute atomic E-state index is 12.4. The minimum atomic E-state index is -0.309. The fraction of sp³-hybridized carbons (Fsp3) is 0. The van der Waals surface area contributed by atoms with Gasteiger partial charge in [0.25, 0.3) is 5.91 Å². The van der Waals surface area contributed by atoms with E-state index in [0.29, 0.717) is 32.8 Å². The fourth-order valence-electron chi connectivity index (χ4n) is 2.14. The molecule has 0 unspecified atom stereocenters. The maximum Gasteiger partial charge on any atom is 0.257 e. The Morgan fingerprint density at radius 2 is 1.33 bits per heavy atom. The minimum Gasteiger partial charge on any atom is -0.454 e. The minimum absolute atomic E-state index is 0.309. The predicted molar refractivity (Wildman–Crippen MR) is 97.4 cm³/mol. The summed E-state index contributed by atoms with van der Waals surface area (Å²) in [6, 6.07) is 21.1. The molecule has 1 amide bonds. The standard InChI is InChI=1S/C19H13Cl2NO2/c20-14-8-2-1-7-13(14)19(23)22-16-10-4-6-12-18(16)24-17-11-5-3-9-15(17)21/h1-12H,(H,22,23). The van der Waals surface area contributed by atoms with Gasteiger partial charge in [-0.25, -0.2) is 0 Å². The lowest BCUT2D eigenvalue weighted by molar-refractivity contribution is 0.102. The van der Waals surface area contributed by atoms with Crippen LogP contribution in [-0.2, 0) is 0 Å². The summed E-state index contributed by atoms with van der Waals surface area (Å²) in [5.74, 6) is 0.695. The quantitative estimate of drug-likeness (QED) is 0.618. The Hall–Kier alpha value is -2.49. The van der Waals surface area contributed by atoms with E-state index in [9.17, 15) is 4.79 Å². The highest BCUT2D eigenvalue weighted by Gasteiger charge is 2.13. The van der Waals surface area contributed by atoms with E-state index in [1.807, 2.05) is 24.3 Å². The first-order valence-electron chi connectivity index (χ1n) is 7.22. The van der Waals surface area contributed by atoms with Crippen LogP contribution in [0.25, 0.3) is 0 Å². The number of hydrogen-bond acceptors (Lipinski definition) is 2. The Bertz CT molecular complexity index is 881. The number of carbonyl (C=O) groups is 1. The second-order valence-corrected chi connectivity index (χ2v) is 5.78. The molecule has 24 heavy (non-hydrogen) atoms. The van der Waals surface area contributed by atoms with Crippen molar-refractivity contribution in [3.8, 4) is 11.5 Å². The van der Waals surface area contributed by atoms with Gasteiger partial charge in [0, 0.05) is 0 Å². The summed E-state index contributed by atoms with van der Waals surface area (Å²) in [4.78, 5) is 12.4. The van der Waals surface area contributed by atoms with Gasteiger partial charge in [0.05, 0.1) is 21.3 Å². The Balaban J connectivity index is 1.86. The van der Waals surface area contributed by atoms with Crippen molar-refractivity contribution >= 4 is 34.8 Å². The largest absolute Gasteiger partial charge is 0.454 e. The molecule has 0 heterocycles. The van der Waals surface area contributed by atoms with Gasteiger partial charge in [-0.2, -0.15) is 0 Å². The molecule has 3 aromatic carbocycles. The molecule has 0 aromatic heterocycles. The Morgan fingerprint density at radius 3 is 2.04 bits per heavy atom. The lowest BCUT2D eigenvalue weighted by Gasteiger charge is -2.13. The Labute approximate surface area is 149 Å². The van der Waals surface area contributed by atoms with Gasteiger partial charge in [0.15, 0.2) is 5.75 Å². The van der Waals surface area contributed by atoms with Crippen molar-refractivity contribution < 1.29 is 9.53 Å². The Morgan fingerprint density at radius 1 is 0.750 bits per heavy atom. The van der Waals surface area contributed by atoms with Crippen molar-refractivity contribution in [2.45, 2.75) is 0 Å². The molecule has 0 spiro atoms. The van der Waals surface area contributed by atoms with Crippen molar-refractivity contribution in [3.05, 3.63) is 88.4 Å². The molecule has 0 aliphatic rings. The van der Waals surface area contributed by atoms with Gasteiger partial charge in [0.1, 0.15) is 5.75 Å². The molecule has 1 N–H and O–H groups in total. The zero-order valence-corrected chi connectivity index (χ0v) is 14.0. The number of ether oxygens (including phenoxy) is 1. The van der Waals surface area contributed by atoms with Crippen LogP contribution in [0.3, 0.4) is 0 Å². The van der Waals surface area contributed by atoms with E-state index in [4.69, 9.17) is 27.9 Å². The monoisotopic (exact) mass is 357 g/mol.